The van der Waals surface area contributed by atoms with Gasteiger partial charge in [0, 0.05) is 17.2 Å². The standard InChI is InChI=1S/C22H24N4OS/c1-3-10-16(2)23-19(27)15-28-22-24-20(17-11-6-4-7-12-17)21(25-26-22)18-13-8-5-9-14-18/h4-9,11-14,16H,3,10,15H2,1-2H3,(H,23,27)/t16-/m1/s1. The van der Waals surface area contributed by atoms with Crippen molar-refractivity contribution in [1.29, 1.82) is 0 Å². The van der Waals surface area contributed by atoms with Gasteiger partial charge in [0.05, 0.1) is 5.75 Å². The van der Waals surface area contributed by atoms with E-state index in [-0.39, 0.29) is 17.7 Å². The molecule has 0 unspecified atom stereocenters. The Labute approximate surface area is 170 Å². The van der Waals surface area contributed by atoms with Crippen molar-refractivity contribution in [3.8, 4) is 22.5 Å². The molecule has 5 nitrogen and oxygen atoms in total. The third-order valence-corrected chi connectivity index (χ3v) is 5.06. The summed E-state index contributed by atoms with van der Waals surface area (Å²) < 4.78 is 0. The summed E-state index contributed by atoms with van der Waals surface area (Å²) in [5, 5.41) is 12.2. The van der Waals surface area contributed by atoms with Crippen LogP contribution in [0.2, 0.25) is 0 Å². The fourth-order valence-electron chi connectivity index (χ4n) is 2.91. The van der Waals surface area contributed by atoms with E-state index in [4.69, 9.17) is 4.98 Å². The highest BCUT2D eigenvalue weighted by Crippen LogP contribution is 2.29. The molecule has 2 aromatic carbocycles. The first-order valence-corrected chi connectivity index (χ1v) is 10.4. The average molecular weight is 393 g/mol. The Balaban J connectivity index is 1.82. The van der Waals surface area contributed by atoms with E-state index in [9.17, 15) is 4.79 Å². The largest absolute Gasteiger partial charge is 0.353 e. The van der Waals surface area contributed by atoms with E-state index in [0.29, 0.717) is 5.16 Å². The summed E-state index contributed by atoms with van der Waals surface area (Å²) >= 11 is 1.30. The van der Waals surface area contributed by atoms with Crippen LogP contribution in [0.5, 0.6) is 0 Å². The van der Waals surface area contributed by atoms with Gasteiger partial charge in [-0.15, -0.1) is 10.2 Å². The zero-order valence-corrected chi connectivity index (χ0v) is 16.9. The zero-order valence-electron chi connectivity index (χ0n) is 16.1. The van der Waals surface area contributed by atoms with Crippen molar-refractivity contribution in [3.05, 3.63) is 60.7 Å². The number of nitrogens with one attached hydrogen (secondary N) is 1. The lowest BCUT2D eigenvalue weighted by molar-refractivity contribution is -0.119. The summed E-state index contributed by atoms with van der Waals surface area (Å²) in [4.78, 5) is 16.9. The molecule has 0 saturated heterocycles. The highest BCUT2D eigenvalue weighted by atomic mass is 32.2. The summed E-state index contributed by atoms with van der Waals surface area (Å²) in [5.41, 5.74) is 3.43. The molecule has 144 valence electrons. The Morgan fingerprint density at radius 3 is 2.18 bits per heavy atom. The Morgan fingerprint density at radius 1 is 0.964 bits per heavy atom. The van der Waals surface area contributed by atoms with Gasteiger partial charge in [-0.3, -0.25) is 4.79 Å². The van der Waals surface area contributed by atoms with Crippen molar-refractivity contribution in [2.45, 2.75) is 37.9 Å². The van der Waals surface area contributed by atoms with Crippen LogP contribution in [0.15, 0.2) is 65.8 Å². The van der Waals surface area contributed by atoms with Crippen molar-refractivity contribution in [3.63, 3.8) is 0 Å². The molecular formula is C22H24N4OS. The molecule has 3 rings (SSSR count). The molecule has 1 aromatic heterocycles. The van der Waals surface area contributed by atoms with Gasteiger partial charge < -0.3 is 5.32 Å². The number of rotatable bonds is 8. The number of nitrogens with zero attached hydrogens (tertiary/aromatic N) is 3. The quantitative estimate of drug-likeness (QED) is 0.567. The van der Waals surface area contributed by atoms with Gasteiger partial charge in [0.1, 0.15) is 11.4 Å². The predicted octanol–water partition coefficient (Wildman–Crippen LogP) is 4.60. The fraction of sp³-hybridized carbons (Fsp3) is 0.273. The monoisotopic (exact) mass is 392 g/mol. The minimum atomic E-state index is -0.0112. The van der Waals surface area contributed by atoms with Gasteiger partial charge >= 0.3 is 0 Å². The summed E-state index contributed by atoms with van der Waals surface area (Å²) in [5.74, 6) is 0.261. The second-order valence-electron chi connectivity index (χ2n) is 6.57. The number of aromatic nitrogens is 3. The van der Waals surface area contributed by atoms with Crippen molar-refractivity contribution < 1.29 is 4.79 Å². The average Bonchev–Trinajstić information content (AvgIpc) is 2.73. The van der Waals surface area contributed by atoms with Gasteiger partial charge in [-0.2, -0.15) is 0 Å². The van der Waals surface area contributed by atoms with Gasteiger partial charge in [0.15, 0.2) is 0 Å². The van der Waals surface area contributed by atoms with Crippen LogP contribution in [0.3, 0.4) is 0 Å². The Kier molecular flexibility index (Phi) is 7.14. The van der Waals surface area contributed by atoms with Crippen LogP contribution in [0.25, 0.3) is 22.5 Å². The summed E-state index contributed by atoms with van der Waals surface area (Å²) in [7, 11) is 0. The van der Waals surface area contributed by atoms with Crippen LogP contribution < -0.4 is 5.32 Å². The summed E-state index contributed by atoms with van der Waals surface area (Å²) in [6, 6.07) is 20.0. The summed E-state index contributed by atoms with van der Waals surface area (Å²) in [6.45, 7) is 4.13. The van der Waals surface area contributed by atoms with E-state index in [1.54, 1.807) is 0 Å². The molecule has 0 fully saturated rings. The van der Waals surface area contributed by atoms with Crippen LogP contribution in [0, 0.1) is 0 Å². The van der Waals surface area contributed by atoms with Crippen molar-refractivity contribution in [2.24, 2.45) is 0 Å². The van der Waals surface area contributed by atoms with E-state index in [0.717, 1.165) is 35.4 Å². The molecule has 6 heteroatoms. The van der Waals surface area contributed by atoms with Crippen LogP contribution in [-0.2, 0) is 4.79 Å². The van der Waals surface area contributed by atoms with Gasteiger partial charge in [0.2, 0.25) is 11.1 Å². The first kappa shape index (κ1) is 20.0. The van der Waals surface area contributed by atoms with Gasteiger partial charge in [-0.25, -0.2) is 4.98 Å². The number of hydrogen-bond acceptors (Lipinski definition) is 5. The molecule has 0 spiro atoms. The highest BCUT2D eigenvalue weighted by molar-refractivity contribution is 7.99. The summed E-state index contributed by atoms with van der Waals surface area (Å²) in [6.07, 6.45) is 2.02. The van der Waals surface area contributed by atoms with Crippen molar-refractivity contribution in [1.82, 2.24) is 20.5 Å². The molecule has 0 radical (unpaired) electrons. The molecule has 0 aliphatic heterocycles. The number of thioether (sulfide) groups is 1. The molecule has 0 aliphatic rings. The number of amides is 1. The van der Waals surface area contributed by atoms with Crippen LogP contribution in [-0.4, -0.2) is 32.9 Å². The first-order chi connectivity index (χ1) is 13.7. The van der Waals surface area contributed by atoms with Gasteiger partial charge in [-0.05, 0) is 13.3 Å². The first-order valence-electron chi connectivity index (χ1n) is 9.45. The molecule has 0 aliphatic carbocycles. The second kappa shape index (κ2) is 9.99. The molecule has 28 heavy (non-hydrogen) atoms. The Bertz CT molecular complexity index is 903. The lowest BCUT2D eigenvalue weighted by Gasteiger charge is -2.12. The third kappa shape index (κ3) is 5.39. The number of benzene rings is 2. The molecule has 1 amide bonds. The Hall–Kier alpha value is -2.73. The number of carbonyl (C=O) groups excluding carboxylic acids is 1. The maximum absolute atomic E-state index is 12.1. The van der Waals surface area contributed by atoms with E-state index in [1.165, 1.54) is 11.8 Å². The van der Waals surface area contributed by atoms with Gasteiger partial charge in [0.25, 0.3) is 0 Å². The SMILES string of the molecule is CCC[C@@H](C)NC(=O)CSc1nnc(-c2ccccc2)c(-c2ccccc2)n1. The molecule has 1 heterocycles. The zero-order chi connectivity index (χ0) is 19.8. The number of hydrogen-bond donors (Lipinski definition) is 1. The van der Waals surface area contributed by atoms with Crippen molar-refractivity contribution >= 4 is 17.7 Å². The van der Waals surface area contributed by atoms with Crippen LogP contribution in [0.1, 0.15) is 26.7 Å². The minimum absolute atomic E-state index is 0.0112. The van der Waals surface area contributed by atoms with Crippen LogP contribution >= 0.6 is 11.8 Å². The Morgan fingerprint density at radius 2 is 1.57 bits per heavy atom. The lowest BCUT2D eigenvalue weighted by atomic mass is 10.0. The molecule has 1 N–H and O–H groups in total. The second-order valence-corrected chi connectivity index (χ2v) is 7.51. The van der Waals surface area contributed by atoms with Crippen molar-refractivity contribution in [2.75, 3.05) is 5.75 Å². The van der Waals surface area contributed by atoms with E-state index in [1.807, 2.05) is 67.6 Å². The smallest absolute Gasteiger partial charge is 0.230 e. The van der Waals surface area contributed by atoms with E-state index in [2.05, 4.69) is 22.4 Å². The maximum atomic E-state index is 12.1. The molecule has 0 saturated carbocycles. The number of carbonyl (C=O) groups is 1. The normalized spacial score (nSPS) is 11.8. The van der Waals surface area contributed by atoms with E-state index >= 15 is 0 Å². The maximum Gasteiger partial charge on any atom is 0.230 e. The third-order valence-electron chi connectivity index (χ3n) is 4.22. The van der Waals surface area contributed by atoms with Gasteiger partial charge in [-0.1, -0.05) is 85.8 Å². The minimum Gasteiger partial charge on any atom is -0.353 e. The molecular weight excluding hydrogens is 368 g/mol. The van der Waals surface area contributed by atoms with E-state index < -0.39 is 0 Å². The molecule has 1 atom stereocenters. The molecule has 0 bridgehead atoms. The lowest BCUT2D eigenvalue weighted by Crippen LogP contribution is -2.33. The predicted molar refractivity (Wildman–Crippen MR) is 114 cm³/mol. The highest BCUT2D eigenvalue weighted by Gasteiger charge is 2.15. The van der Waals surface area contributed by atoms with Crippen LogP contribution in [0.4, 0.5) is 0 Å². The topological polar surface area (TPSA) is 67.8 Å². The fourth-order valence-corrected chi connectivity index (χ4v) is 3.51. The molecule has 3 aromatic rings.